The molecule has 2 atom stereocenters. The molecule has 1 unspecified atom stereocenters. The number of phenols is 3. The lowest BCUT2D eigenvalue weighted by Gasteiger charge is -2.33. The van der Waals surface area contributed by atoms with Crippen molar-refractivity contribution in [3.8, 4) is 34.1 Å². The summed E-state index contributed by atoms with van der Waals surface area (Å²) in [6.07, 6.45) is -1.32. The van der Waals surface area contributed by atoms with E-state index in [2.05, 4.69) is 0 Å². The number of hydrogen-bond donors (Lipinski definition) is 4. The third-order valence-corrected chi connectivity index (χ3v) is 7.12. The van der Waals surface area contributed by atoms with E-state index < -0.39 is 47.0 Å². The first-order valence-corrected chi connectivity index (χ1v) is 11.3. The normalized spacial score (nSPS) is 19.5. The molecular formula is C27H20O9. The Hall–Kier alpha value is -4.37. The smallest absolute Gasteiger partial charge is 0.342 e. The average Bonchev–Trinajstić information content (AvgIpc) is 2.81. The number of carbonyl (C=O) groups excluding carboxylic acids is 3. The second-order valence-electron chi connectivity index (χ2n) is 9.21. The van der Waals surface area contributed by atoms with Crippen LogP contribution in [0.3, 0.4) is 0 Å². The molecule has 0 bridgehead atoms. The number of phenolic OH excluding ortho intramolecular Hbond substituents is 3. The summed E-state index contributed by atoms with van der Waals surface area (Å²) in [6.45, 7) is 1.72. The van der Waals surface area contributed by atoms with Crippen molar-refractivity contribution < 1.29 is 44.3 Å². The summed E-state index contributed by atoms with van der Waals surface area (Å²) in [4.78, 5) is 39.6. The van der Waals surface area contributed by atoms with Gasteiger partial charge in [-0.05, 0) is 24.1 Å². The molecule has 1 heterocycles. The molecule has 9 nitrogen and oxygen atoms in total. The van der Waals surface area contributed by atoms with Gasteiger partial charge in [0.15, 0.2) is 5.78 Å². The second kappa shape index (κ2) is 7.32. The standard InChI is InChI=1S/C27H20O9/c1-9-6-10-7-11-8-14(29)18-19(15(11)23(31)16(10)27(34)36-9)25(33)20-21(26(18)35-2)24(32)17-12(22(20)30)4-3-5-13(17)28/h3-5,7,9,14,28-29,31,33H,6,8H2,1-2H3/t9?,14-/m1/s1. The van der Waals surface area contributed by atoms with Crippen LogP contribution in [-0.4, -0.2) is 51.2 Å². The first-order valence-electron chi connectivity index (χ1n) is 11.3. The maximum Gasteiger partial charge on any atom is 0.342 e. The molecule has 0 radical (unpaired) electrons. The number of ether oxygens (including phenoxy) is 2. The number of aliphatic hydroxyl groups is 1. The van der Waals surface area contributed by atoms with Crippen LogP contribution in [0.15, 0.2) is 24.3 Å². The number of hydrogen-bond acceptors (Lipinski definition) is 9. The van der Waals surface area contributed by atoms with E-state index in [9.17, 15) is 34.8 Å². The number of ketones is 2. The first-order chi connectivity index (χ1) is 17.1. The zero-order chi connectivity index (χ0) is 25.6. The van der Waals surface area contributed by atoms with Crippen molar-refractivity contribution in [2.24, 2.45) is 0 Å². The largest absolute Gasteiger partial charge is 0.507 e. The van der Waals surface area contributed by atoms with Gasteiger partial charge in [0, 0.05) is 35.1 Å². The molecule has 0 aromatic heterocycles. The van der Waals surface area contributed by atoms with Gasteiger partial charge in [0.05, 0.1) is 29.9 Å². The monoisotopic (exact) mass is 488 g/mol. The summed E-state index contributed by atoms with van der Waals surface area (Å²) < 4.78 is 10.8. The number of cyclic esters (lactones) is 1. The third-order valence-electron chi connectivity index (χ3n) is 7.12. The Balaban J connectivity index is 1.72. The fourth-order valence-electron chi connectivity index (χ4n) is 5.70. The van der Waals surface area contributed by atoms with Gasteiger partial charge in [0.2, 0.25) is 5.78 Å². The van der Waals surface area contributed by atoms with Crippen molar-refractivity contribution in [1.29, 1.82) is 0 Å². The highest BCUT2D eigenvalue weighted by atomic mass is 16.5. The molecule has 4 N–H and O–H groups in total. The summed E-state index contributed by atoms with van der Waals surface area (Å²) in [5, 5.41) is 44.2. The van der Waals surface area contributed by atoms with Crippen LogP contribution < -0.4 is 4.74 Å². The van der Waals surface area contributed by atoms with E-state index in [0.717, 1.165) is 0 Å². The van der Waals surface area contributed by atoms with Crippen molar-refractivity contribution in [1.82, 2.24) is 0 Å². The summed E-state index contributed by atoms with van der Waals surface area (Å²) in [5.74, 6) is -3.86. The highest BCUT2D eigenvalue weighted by molar-refractivity contribution is 6.32. The Morgan fingerprint density at radius 1 is 0.861 bits per heavy atom. The number of esters is 1. The second-order valence-corrected chi connectivity index (χ2v) is 9.21. The van der Waals surface area contributed by atoms with Gasteiger partial charge < -0.3 is 29.9 Å². The maximum atomic E-state index is 13.5. The SMILES string of the molecule is COc1c2c(c(O)c3c1[C@H](O)Cc1cc4c(c(O)c1-3)C(=O)OC(C)C4)C(=O)c1cccc(O)c1C2=O. The molecule has 2 aliphatic carbocycles. The quantitative estimate of drug-likeness (QED) is 0.297. The van der Waals surface area contributed by atoms with Gasteiger partial charge in [-0.2, -0.15) is 0 Å². The van der Waals surface area contributed by atoms with Crippen LogP contribution in [0.1, 0.15) is 71.9 Å². The summed E-state index contributed by atoms with van der Waals surface area (Å²) in [5.41, 5.74) is -0.0958. The predicted molar refractivity (Wildman–Crippen MR) is 124 cm³/mol. The molecule has 9 heteroatoms. The molecule has 3 aromatic rings. The van der Waals surface area contributed by atoms with Crippen molar-refractivity contribution in [2.75, 3.05) is 7.11 Å². The van der Waals surface area contributed by atoms with E-state index in [4.69, 9.17) is 9.47 Å². The lowest BCUT2D eigenvalue weighted by Crippen LogP contribution is -2.27. The highest BCUT2D eigenvalue weighted by Gasteiger charge is 2.44. The van der Waals surface area contributed by atoms with Crippen molar-refractivity contribution in [2.45, 2.75) is 32.0 Å². The molecule has 6 rings (SSSR count). The molecular weight excluding hydrogens is 468 g/mol. The van der Waals surface area contributed by atoms with E-state index in [0.29, 0.717) is 17.5 Å². The Morgan fingerprint density at radius 3 is 2.28 bits per heavy atom. The van der Waals surface area contributed by atoms with Gasteiger partial charge in [0.25, 0.3) is 0 Å². The third kappa shape index (κ3) is 2.66. The lowest BCUT2D eigenvalue weighted by molar-refractivity contribution is 0.0297. The summed E-state index contributed by atoms with van der Waals surface area (Å²) in [6, 6.07) is 5.71. The topological polar surface area (TPSA) is 151 Å². The zero-order valence-corrected chi connectivity index (χ0v) is 19.2. The molecule has 3 aromatic carbocycles. The molecule has 36 heavy (non-hydrogen) atoms. The maximum absolute atomic E-state index is 13.5. The van der Waals surface area contributed by atoms with Crippen LogP contribution >= 0.6 is 0 Å². The number of aromatic hydroxyl groups is 3. The molecule has 0 fully saturated rings. The Labute approximate surface area is 204 Å². The molecule has 0 saturated heterocycles. The minimum atomic E-state index is -1.27. The van der Waals surface area contributed by atoms with Crippen LogP contribution in [0.2, 0.25) is 0 Å². The van der Waals surface area contributed by atoms with Crippen LogP contribution in [0.25, 0.3) is 11.1 Å². The molecule has 0 spiro atoms. The van der Waals surface area contributed by atoms with Gasteiger partial charge in [-0.1, -0.05) is 18.2 Å². The zero-order valence-electron chi connectivity index (χ0n) is 19.2. The van der Waals surface area contributed by atoms with E-state index in [1.165, 1.54) is 25.3 Å². The molecule has 0 amide bonds. The van der Waals surface area contributed by atoms with E-state index in [1.807, 2.05) is 0 Å². The van der Waals surface area contributed by atoms with Gasteiger partial charge in [-0.25, -0.2) is 4.79 Å². The first kappa shape index (κ1) is 22.1. The minimum absolute atomic E-state index is 0.00549. The van der Waals surface area contributed by atoms with E-state index >= 15 is 0 Å². The van der Waals surface area contributed by atoms with E-state index in [-0.39, 0.29) is 56.7 Å². The van der Waals surface area contributed by atoms with Crippen LogP contribution in [0.4, 0.5) is 0 Å². The lowest BCUT2D eigenvalue weighted by atomic mass is 9.74. The van der Waals surface area contributed by atoms with Crippen molar-refractivity contribution in [3.05, 3.63) is 68.8 Å². The van der Waals surface area contributed by atoms with E-state index in [1.54, 1.807) is 13.0 Å². The summed E-state index contributed by atoms with van der Waals surface area (Å²) in [7, 11) is 1.25. The van der Waals surface area contributed by atoms with Crippen LogP contribution in [0, 0.1) is 0 Å². The average molecular weight is 488 g/mol. The van der Waals surface area contributed by atoms with Crippen LogP contribution in [-0.2, 0) is 17.6 Å². The number of rotatable bonds is 1. The van der Waals surface area contributed by atoms with Gasteiger partial charge in [-0.3, -0.25) is 9.59 Å². The van der Waals surface area contributed by atoms with Gasteiger partial charge >= 0.3 is 5.97 Å². The number of aliphatic hydroxyl groups excluding tert-OH is 1. The van der Waals surface area contributed by atoms with Gasteiger partial charge in [0.1, 0.15) is 34.7 Å². The molecule has 3 aliphatic rings. The highest BCUT2D eigenvalue weighted by Crippen LogP contribution is 2.56. The number of benzene rings is 3. The van der Waals surface area contributed by atoms with Crippen LogP contribution in [0.5, 0.6) is 23.0 Å². The number of carbonyl (C=O) groups is 3. The Bertz CT molecular complexity index is 1570. The van der Waals surface area contributed by atoms with Gasteiger partial charge in [-0.15, -0.1) is 0 Å². The minimum Gasteiger partial charge on any atom is -0.507 e. The van der Waals surface area contributed by atoms with Crippen molar-refractivity contribution >= 4 is 17.5 Å². The predicted octanol–water partition coefficient (Wildman–Crippen LogP) is 2.95. The Kier molecular flexibility index (Phi) is 4.49. The fourth-order valence-corrected chi connectivity index (χ4v) is 5.70. The molecule has 182 valence electrons. The fraction of sp³-hybridized carbons (Fsp3) is 0.222. The molecule has 1 aliphatic heterocycles. The summed E-state index contributed by atoms with van der Waals surface area (Å²) >= 11 is 0. The Morgan fingerprint density at radius 2 is 1.56 bits per heavy atom. The molecule has 0 saturated carbocycles. The van der Waals surface area contributed by atoms with Crippen molar-refractivity contribution in [3.63, 3.8) is 0 Å². The number of methoxy groups -OCH3 is 1. The number of fused-ring (bicyclic) bond motifs is 6.